The highest BCUT2D eigenvalue weighted by Crippen LogP contribution is 2.16. The number of rotatable bonds is 10. The lowest BCUT2D eigenvalue weighted by molar-refractivity contribution is 0.123. The number of imidazole rings is 2. The molecule has 0 aromatic carbocycles. The smallest absolute Gasteiger partial charge is 0.201 e. The number of ether oxygens (including phenoxy) is 1. The van der Waals surface area contributed by atoms with Gasteiger partial charge in [0, 0.05) is 64.8 Å². The van der Waals surface area contributed by atoms with Crippen molar-refractivity contribution in [1.29, 1.82) is 0 Å². The second-order valence-corrected chi connectivity index (χ2v) is 8.25. The van der Waals surface area contributed by atoms with E-state index >= 15 is 0 Å². The number of hydrogen-bond acceptors (Lipinski definition) is 8. The van der Waals surface area contributed by atoms with Gasteiger partial charge in [0.2, 0.25) is 5.95 Å². The van der Waals surface area contributed by atoms with Gasteiger partial charge in [0.15, 0.2) is 5.65 Å². The van der Waals surface area contributed by atoms with Crippen LogP contribution in [0.5, 0.6) is 0 Å². The van der Waals surface area contributed by atoms with Gasteiger partial charge in [-0.15, -0.1) is 0 Å². The van der Waals surface area contributed by atoms with Crippen LogP contribution in [0.15, 0.2) is 36.8 Å². The van der Waals surface area contributed by atoms with Crippen LogP contribution in [-0.4, -0.2) is 91.8 Å². The number of nitrogens with one attached hydrogen (secondary N) is 2. The molecule has 1 aliphatic heterocycles. The number of pyridine rings is 2. The Hall–Kier alpha value is -3.08. The second-order valence-electron chi connectivity index (χ2n) is 8.25. The van der Waals surface area contributed by atoms with Gasteiger partial charge in [0.05, 0.1) is 24.9 Å². The van der Waals surface area contributed by atoms with Crippen molar-refractivity contribution >= 4 is 28.1 Å². The van der Waals surface area contributed by atoms with E-state index in [4.69, 9.17) is 9.72 Å². The van der Waals surface area contributed by atoms with E-state index in [1.165, 1.54) is 0 Å². The number of aromatic amines is 1. The Labute approximate surface area is 193 Å². The van der Waals surface area contributed by atoms with Crippen molar-refractivity contribution in [2.24, 2.45) is 0 Å². The van der Waals surface area contributed by atoms with Gasteiger partial charge < -0.3 is 19.6 Å². The van der Waals surface area contributed by atoms with Crippen LogP contribution in [0.4, 0.5) is 5.95 Å². The van der Waals surface area contributed by atoms with Gasteiger partial charge >= 0.3 is 0 Å². The summed E-state index contributed by atoms with van der Waals surface area (Å²) in [7, 11) is 0. The summed E-state index contributed by atoms with van der Waals surface area (Å²) in [5, 5.41) is 3.40. The molecule has 0 bridgehead atoms. The minimum absolute atomic E-state index is 0.675. The Kier molecular flexibility index (Phi) is 6.75. The summed E-state index contributed by atoms with van der Waals surface area (Å²) in [4.78, 5) is 26.3. The Balaban J connectivity index is 1.12. The molecule has 4 aromatic heterocycles. The number of nitrogens with zero attached hydrogens (tertiary/aromatic N) is 7. The zero-order valence-electron chi connectivity index (χ0n) is 19.1. The summed E-state index contributed by atoms with van der Waals surface area (Å²) in [5.74, 6) is 1.87. The van der Waals surface area contributed by atoms with Gasteiger partial charge in [-0.3, -0.25) is 14.8 Å². The molecule has 1 fully saturated rings. The summed E-state index contributed by atoms with van der Waals surface area (Å²) < 4.78 is 7.80. The highest BCUT2D eigenvalue weighted by atomic mass is 16.5. The first-order valence-corrected chi connectivity index (χ1v) is 11.7. The molecule has 10 nitrogen and oxygen atoms in total. The van der Waals surface area contributed by atoms with Crippen LogP contribution in [0.3, 0.4) is 0 Å². The van der Waals surface area contributed by atoms with E-state index in [-0.39, 0.29) is 0 Å². The monoisotopic (exact) mass is 449 g/mol. The quantitative estimate of drug-likeness (QED) is 0.355. The van der Waals surface area contributed by atoms with Crippen LogP contribution in [0.1, 0.15) is 12.7 Å². The third kappa shape index (κ3) is 5.13. The Morgan fingerprint density at radius 2 is 1.91 bits per heavy atom. The Morgan fingerprint density at radius 1 is 1.03 bits per heavy atom. The van der Waals surface area contributed by atoms with E-state index < -0.39 is 0 Å². The molecule has 2 N–H and O–H groups in total. The van der Waals surface area contributed by atoms with E-state index in [1.807, 2.05) is 31.3 Å². The Morgan fingerprint density at radius 3 is 2.76 bits per heavy atom. The summed E-state index contributed by atoms with van der Waals surface area (Å²) in [6, 6.07) is 5.92. The lowest BCUT2D eigenvalue weighted by Crippen LogP contribution is -2.47. The second kappa shape index (κ2) is 10.2. The van der Waals surface area contributed by atoms with Crippen molar-refractivity contribution in [3.05, 3.63) is 42.6 Å². The van der Waals surface area contributed by atoms with Crippen LogP contribution in [0, 0.1) is 0 Å². The molecule has 0 saturated carbocycles. The first-order valence-electron chi connectivity index (χ1n) is 11.7. The van der Waals surface area contributed by atoms with Crippen LogP contribution in [0.2, 0.25) is 0 Å². The van der Waals surface area contributed by atoms with E-state index in [0.29, 0.717) is 6.61 Å². The standard InChI is InChI=1S/C23H31N9O/c1-2-33-15-14-32-21(27-19-4-3-6-25-22(19)32)17-31-12-10-30(11-13-31)9-8-26-23-28-18-5-7-24-16-20(18)29-23/h3-7,16H,2,8-15,17H2,1H3,(H2,26,28,29). The highest BCUT2D eigenvalue weighted by molar-refractivity contribution is 5.76. The zero-order chi connectivity index (χ0) is 22.5. The van der Waals surface area contributed by atoms with Crippen molar-refractivity contribution in [3.8, 4) is 0 Å². The van der Waals surface area contributed by atoms with Crippen molar-refractivity contribution in [2.75, 3.05) is 57.8 Å². The van der Waals surface area contributed by atoms with Gasteiger partial charge in [-0.25, -0.2) is 15.0 Å². The van der Waals surface area contributed by atoms with E-state index in [2.05, 4.69) is 39.6 Å². The fourth-order valence-electron chi connectivity index (χ4n) is 4.31. The molecule has 0 atom stereocenters. The van der Waals surface area contributed by atoms with Gasteiger partial charge in [-0.2, -0.15) is 0 Å². The maximum Gasteiger partial charge on any atom is 0.201 e. The van der Waals surface area contributed by atoms with Crippen molar-refractivity contribution in [3.63, 3.8) is 0 Å². The largest absolute Gasteiger partial charge is 0.380 e. The fourth-order valence-corrected chi connectivity index (χ4v) is 4.31. The topological polar surface area (TPSA) is 100 Å². The predicted molar refractivity (Wildman–Crippen MR) is 128 cm³/mol. The molecule has 5 heterocycles. The van der Waals surface area contributed by atoms with E-state index in [1.54, 1.807) is 12.4 Å². The third-order valence-corrected chi connectivity index (χ3v) is 6.08. The molecule has 0 radical (unpaired) electrons. The zero-order valence-corrected chi connectivity index (χ0v) is 19.1. The number of hydrogen-bond donors (Lipinski definition) is 2. The summed E-state index contributed by atoms with van der Waals surface area (Å²) in [5.41, 5.74) is 3.79. The SMILES string of the molecule is CCOCCn1c(CN2CCN(CCNc3nc4cnccc4[nH]3)CC2)nc2cccnc21. The normalized spacial score (nSPS) is 15.5. The minimum Gasteiger partial charge on any atom is -0.380 e. The van der Waals surface area contributed by atoms with Crippen molar-refractivity contribution < 1.29 is 4.74 Å². The molecule has 5 rings (SSSR count). The molecular formula is C23H31N9O. The van der Waals surface area contributed by atoms with Gasteiger partial charge in [0.25, 0.3) is 0 Å². The summed E-state index contributed by atoms with van der Waals surface area (Å²) in [6.45, 7) is 11.0. The number of anilines is 1. The third-order valence-electron chi connectivity index (χ3n) is 6.08. The van der Waals surface area contributed by atoms with E-state index in [0.717, 1.165) is 92.9 Å². The molecule has 1 aliphatic rings. The molecule has 0 spiro atoms. The molecule has 33 heavy (non-hydrogen) atoms. The Bertz CT molecular complexity index is 1150. The molecular weight excluding hydrogens is 418 g/mol. The summed E-state index contributed by atoms with van der Waals surface area (Å²) >= 11 is 0. The molecule has 4 aromatic rings. The van der Waals surface area contributed by atoms with Gasteiger partial charge in [-0.1, -0.05) is 0 Å². The molecule has 0 aliphatic carbocycles. The molecule has 0 amide bonds. The maximum absolute atomic E-state index is 5.59. The average molecular weight is 450 g/mol. The highest BCUT2D eigenvalue weighted by Gasteiger charge is 2.20. The van der Waals surface area contributed by atoms with Gasteiger partial charge in [0.1, 0.15) is 16.9 Å². The molecule has 0 unspecified atom stereocenters. The van der Waals surface area contributed by atoms with Crippen molar-refractivity contribution in [1.82, 2.24) is 39.3 Å². The molecule has 174 valence electrons. The number of H-pyrrole nitrogens is 1. The molecule has 10 heteroatoms. The molecule has 1 saturated heterocycles. The number of fused-ring (bicyclic) bond motifs is 2. The predicted octanol–water partition coefficient (Wildman–Crippen LogP) is 1.97. The van der Waals surface area contributed by atoms with Crippen LogP contribution in [0.25, 0.3) is 22.2 Å². The number of piperazine rings is 1. The van der Waals surface area contributed by atoms with Crippen molar-refractivity contribution in [2.45, 2.75) is 20.0 Å². The van der Waals surface area contributed by atoms with Gasteiger partial charge in [-0.05, 0) is 25.1 Å². The average Bonchev–Trinajstić information content (AvgIpc) is 3.41. The summed E-state index contributed by atoms with van der Waals surface area (Å²) in [6.07, 6.45) is 5.38. The van der Waals surface area contributed by atoms with Crippen LogP contribution in [-0.2, 0) is 17.8 Å². The van der Waals surface area contributed by atoms with E-state index in [9.17, 15) is 0 Å². The first-order chi connectivity index (χ1) is 16.3. The number of aromatic nitrogens is 6. The fraction of sp³-hybridized carbons (Fsp3) is 0.478. The minimum atomic E-state index is 0.675. The maximum atomic E-state index is 5.59. The van der Waals surface area contributed by atoms with Crippen LogP contribution < -0.4 is 5.32 Å². The lowest BCUT2D eigenvalue weighted by atomic mass is 10.3. The van der Waals surface area contributed by atoms with Crippen LogP contribution >= 0.6 is 0 Å². The first kappa shape index (κ1) is 21.7. The lowest BCUT2D eigenvalue weighted by Gasteiger charge is -2.34.